The number of hydrogen-bond donors (Lipinski definition) is 1. The number of hydrogen-bond acceptors (Lipinski definition) is 3. The van der Waals surface area contributed by atoms with Gasteiger partial charge in [-0.2, -0.15) is 0 Å². The van der Waals surface area contributed by atoms with E-state index in [0.29, 0.717) is 11.9 Å². The Labute approximate surface area is 131 Å². The van der Waals surface area contributed by atoms with Gasteiger partial charge in [-0.05, 0) is 55.9 Å². The third-order valence-electron chi connectivity index (χ3n) is 5.29. The second-order valence-corrected chi connectivity index (χ2v) is 6.91. The first kappa shape index (κ1) is 13.9. The fourth-order valence-corrected chi connectivity index (χ4v) is 3.76. The topological polar surface area (TPSA) is 54.5 Å². The Hall–Kier alpha value is -1.78. The smallest absolute Gasteiger partial charge is 0.322 e. The van der Waals surface area contributed by atoms with E-state index in [1.807, 2.05) is 0 Å². The molecule has 0 unspecified atom stereocenters. The van der Waals surface area contributed by atoms with Crippen LogP contribution in [-0.4, -0.2) is 35.6 Å². The van der Waals surface area contributed by atoms with Crippen molar-refractivity contribution in [3.8, 4) is 5.88 Å². The lowest BCUT2D eigenvalue weighted by atomic mass is 9.98. The number of aromatic nitrogens is 1. The van der Waals surface area contributed by atoms with Gasteiger partial charge < -0.3 is 15.0 Å². The molecule has 3 fully saturated rings. The Kier molecular flexibility index (Phi) is 3.43. The third-order valence-corrected chi connectivity index (χ3v) is 5.29. The molecule has 1 aromatic heterocycles. The van der Waals surface area contributed by atoms with Gasteiger partial charge >= 0.3 is 6.03 Å². The van der Waals surface area contributed by atoms with E-state index in [2.05, 4.69) is 15.2 Å². The molecule has 5 nitrogen and oxygen atoms in total. The van der Waals surface area contributed by atoms with Crippen molar-refractivity contribution in [1.82, 2.24) is 9.88 Å². The second-order valence-electron chi connectivity index (χ2n) is 6.91. The Bertz CT molecular complexity index is 569. The lowest BCUT2D eigenvalue weighted by molar-refractivity contribution is 0.199. The van der Waals surface area contributed by atoms with Crippen LogP contribution < -0.4 is 10.1 Å². The van der Waals surface area contributed by atoms with Gasteiger partial charge in [0.25, 0.3) is 0 Å². The molecule has 0 radical (unpaired) electrons. The van der Waals surface area contributed by atoms with Gasteiger partial charge in [-0.1, -0.05) is 0 Å². The van der Waals surface area contributed by atoms with Crippen molar-refractivity contribution in [3.05, 3.63) is 18.3 Å². The average molecular weight is 301 g/mol. The van der Waals surface area contributed by atoms with Crippen molar-refractivity contribution >= 4 is 11.7 Å². The zero-order valence-electron chi connectivity index (χ0n) is 13.0. The Morgan fingerprint density at radius 3 is 2.73 bits per heavy atom. The molecule has 118 valence electrons. The standard InChI is InChI=1S/C17H23N3O2/c1-22-16-9-14(6-7-18-16)19-17(21)20-10-13(11-2-3-11)8-15(20)12-4-5-12/h6-7,9,11-13,15H,2-5,8,10H2,1H3,(H,18,19,21)/t13-,15-/m1/s1. The highest BCUT2D eigenvalue weighted by atomic mass is 16.5. The van der Waals surface area contributed by atoms with Gasteiger partial charge in [0.1, 0.15) is 0 Å². The predicted molar refractivity (Wildman–Crippen MR) is 83.9 cm³/mol. The summed E-state index contributed by atoms with van der Waals surface area (Å²) >= 11 is 0. The van der Waals surface area contributed by atoms with E-state index in [9.17, 15) is 4.79 Å². The molecule has 3 aliphatic rings. The summed E-state index contributed by atoms with van der Waals surface area (Å²) < 4.78 is 5.11. The number of amides is 2. The number of anilines is 1. The van der Waals surface area contributed by atoms with Gasteiger partial charge in [0.15, 0.2) is 0 Å². The molecule has 2 amide bonds. The number of urea groups is 1. The minimum absolute atomic E-state index is 0.0355. The van der Waals surface area contributed by atoms with Crippen LogP contribution in [0.4, 0.5) is 10.5 Å². The molecule has 4 rings (SSSR count). The van der Waals surface area contributed by atoms with E-state index in [1.165, 1.54) is 32.1 Å². The van der Waals surface area contributed by atoms with Crippen molar-refractivity contribution in [2.45, 2.75) is 38.1 Å². The van der Waals surface area contributed by atoms with Crippen molar-refractivity contribution < 1.29 is 9.53 Å². The summed E-state index contributed by atoms with van der Waals surface area (Å²) in [5.41, 5.74) is 0.751. The molecule has 22 heavy (non-hydrogen) atoms. The fraction of sp³-hybridized carbons (Fsp3) is 0.647. The van der Waals surface area contributed by atoms with Crippen LogP contribution in [0.2, 0.25) is 0 Å². The largest absolute Gasteiger partial charge is 0.481 e. The Balaban J connectivity index is 1.45. The number of carbonyl (C=O) groups excluding carboxylic acids is 1. The SMILES string of the molecule is COc1cc(NC(=O)N2C[C@H](C3CC3)C[C@@H]2C2CC2)ccn1. The van der Waals surface area contributed by atoms with Crippen molar-refractivity contribution in [1.29, 1.82) is 0 Å². The van der Waals surface area contributed by atoms with Crippen molar-refractivity contribution in [3.63, 3.8) is 0 Å². The second kappa shape index (κ2) is 5.45. The number of methoxy groups -OCH3 is 1. The quantitative estimate of drug-likeness (QED) is 0.929. The van der Waals surface area contributed by atoms with Crippen LogP contribution in [0.15, 0.2) is 18.3 Å². The van der Waals surface area contributed by atoms with Crippen LogP contribution in [0.1, 0.15) is 32.1 Å². The van der Waals surface area contributed by atoms with Crippen molar-refractivity contribution in [2.75, 3.05) is 19.0 Å². The molecule has 2 atom stereocenters. The van der Waals surface area contributed by atoms with Gasteiger partial charge in [-0.25, -0.2) is 9.78 Å². The summed E-state index contributed by atoms with van der Waals surface area (Å²) in [7, 11) is 1.58. The first-order valence-electron chi connectivity index (χ1n) is 8.32. The lowest BCUT2D eigenvalue weighted by Gasteiger charge is -2.25. The fourth-order valence-electron chi connectivity index (χ4n) is 3.76. The van der Waals surface area contributed by atoms with Gasteiger partial charge in [0.2, 0.25) is 5.88 Å². The van der Waals surface area contributed by atoms with E-state index in [-0.39, 0.29) is 6.03 Å². The van der Waals surface area contributed by atoms with Crippen LogP contribution in [0.3, 0.4) is 0 Å². The maximum atomic E-state index is 12.7. The Morgan fingerprint density at radius 2 is 2.05 bits per heavy atom. The Morgan fingerprint density at radius 1 is 1.27 bits per heavy atom. The summed E-state index contributed by atoms with van der Waals surface area (Å²) in [4.78, 5) is 18.9. The van der Waals surface area contributed by atoms with Crippen molar-refractivity contribution in [2.24, 2.45) is 17.8 Å². The summed E-state index contributed by atoms with van der Waals surface area (Å²) in [6.07, 6.45) is 8.16. The van der Waals surface area contributed by atoms with E-state index in [0.717, 1.165) is 30.0 Å². The zero-order chi connectivity index (χ0) is 15.1. The van der Waals surface area contributed by atoms with Gasteiger partial charge in [-0.3, -0.25) is 0 Å². The minimum atomic E-state index is 0.0355. The normalized spacial score (nSPS) is 27.8. The van der Waals surface area contributed by atoms with Crippen LogP contribution in [-0.2, 0) is 0 Å². The van der Waals surface area contributed by atoms with Gasteiger partial charge in [0, 0.05) is 30.5 Å². The summed E-state index contributed by atoms with van der Waals surface area (Å²) in [5.74, 6) is 2.86. The maximum absolute atomic E-state index is 12.7. The molecule has 1 aliphatic heterocycles. The molecule has 2 heterocycles. The summed E-state index contributed by atoms with van der Waals surface area (Å²) in [6, 6.07) is 4.06. The van der Waals surface area contributed by atoms with E-state index < -0.39 is 0 Å². The molecular weight excluding hydrogens is 278 g/mol. The first-order chi connectivity index (χ1) is 10.7. The molecule has 0 aromatic carbocycles. The highest BCUT2D eigenvalue weighted by Crippen LogP contribution is 2.48. The highest BCUT2D eigenvalue weighted by Gasteiger charge is 2.47. The molecular formula is C17H23N3O2. The van der Waals surface area contributed by atoms with Crippen LogP contribution in [0.25, 0.3) is 0 Å². The predicted octanol–water partition coefficient (Wildman–Crippen LogP) is 3.13. The van der Waals surface area contributed by atoms with Gasteiger partial charge in [0.05, 0.1) is 7.11 Å². The minimum Gasteiger partial charge on any atom is -0.481 e. The number of rotatable bonds is 4. The number of carbonyl (C=O) groups is 1. The number of ether oxygens (including phenoxy) is 1. The average Bonchev–Trinajstić information content (AvgIpc) is 3.45. The molecule has 0 spiro atoms. The summed E-state index contributed by atoms with van der Waals surface area (Å²) in [6.45, 7) is 0.930. The van der Waals surface area contributed by atoms with Crippen LogP contribution >= 0.6 is 0 Å². The molecule has 1 aromatic rings. The number of nitrogens with zero attached hydrogens (tertiary/aromatic N) is 2. The monoisotopic (exact) mass is 301 g/mol. The molecule has 2 saturated carbocycles. The highest BCUT2D eigenvalue weighted by molar-refractivity contribution is 5.89. The molecule has 1 saturated heterocycles. The number of pyridine rings is 1. The lowest BCUT2D eigenvalue weighted by Crippen LogP contribution is -2.40. The van der Waals surface area contributed by atoms with E-state index in [1.54, 1.807) is 25.4 Å². The zero-order valence-corrected chi connectivity index (χ0v) is 13.0. The number of nitrogens with one attached hydrogen (secondary N) is 1. The van der Waals surface area contributed by atoms with Crippen LogP contribution in [0.5, 0.6) is 5.88 Å². The van der Waals surface area contributed by atoms with Crippen LogP contribution in [0, 0.1) is 17.8 Å². The molecule has 5 heteroatoms. The molecule has 2 aliphatic carbocycles. The molecule has 0 bridgehead atoms. The molecule has 1 N–H and O–H groups in total. The number of likely N-dealkylation sites (tertiary alicyclic amines) is 1. The first-order valence-corrected chi connectivity index (χ1v) is 8.32. The van der Waals surface area contributed by atoms with E-state index >= 15 is 0 Å². The third kappa shape index (κ3) is 2.76. The van der Waals surface area contributed by atoms with Gasteiger partial charge in [-0.15, -0.1) is 0 Å². The summed E-state index contributed by atoms with van der Waals surface area (Å²) in [5, 5.41) is 3.02. The van der Waals surface area contributed by atoms with E-state index in [4.69, 9.17) is 4.74 Å². The maximum Gasteiger partial charge on any atom is 0.322 e.